The zero-order valence-electron chi connectivity index (χ0n) is 13.3. The average Bonchev–Trinajstić information content (AvgIpc) is 3.25. The first kappa shape index (κ1) is 14.5. The molecule has 1 saturated heterocycles. The topological polar surface area (TPSA) is 61.4 Å². The van der Waals surface area contributed by atoms with Gasteiger partial charge in [0.25, 0.3) is 5.91 Å². The number of hydrogen-bond donors (Lipinski definition) is 2. The van der Waals surface area contributed by atoms with Crippen LogP contribution in [0.5, 0.6) is 0 Å². The van der Waals surface area contributed by atoms with Gasteiger partial charge in [-0.05, 0) is 56.2 Å². The second-order valence-electron chi connectivity index (χ2n) is 6.80. The highest BCUT2D eigenvalue weighted by atomic mass is 16.2. The van der Waals surface area contributed by atoms with Gasteiger partial charge < -0.3 is 15.5 Å². The zero-order chi connectivity index (χ0) is 15.8. The summed E-state index contributed by atoms with van der Waals surface area (Å²) in [6, 6.07) is 5.92. The van der Waals surface area contributed by atoms with Gasteiger partial charge in [0.2, 0.25) is 5.91 Å². The third-order valence-corrected chi connectivity index (χ3v) is 5.07. The molecular weight excluding hydrogens is 290 g/mol. The number of anilines is 1. The number of fused-ring (bicyclic) bond motifs is 1. The molecule has 1 saturated carbocycles. The fourth-order valence-corrected chi connectivity index (χ4v) is 3.67. The molecule has 2 fully saturated rings. The number of amides is 2. The van der Waals surface area contributed by atoms with Crippen LogP contribution < -0.4 is 10.6 Å². The number of nitrogens with zero attached hydrogens (tertiary/aromatic N) is 1. The first-order valence-electron chi connectivity index (χ1n) is 8.71. The van der Waals surface area contributed by atoms with Crippen LogP contribution in [0.3, 0.4) is 0 Å². The van der Waals surface area contributed by atoms with E-state index in [1.54, 1.807) is 4.90 Å². The van der Waals surface area contributed by atoms with Crippen LogP contribution in [-0.4, -0.2) is 41.9 Å². The van der Waals surface area contributed by atoms with Crippen LogP contribution in [0.15, 0.2) is 18.2 Å². The van der Waals surface area contributed by atoms with E-state index in [9.17, 15) is 9.59 Å². The zero-order valence-corrected chi connectivity index (χ0v) is 13.3. The molecule has 1 atom stereocenters. The molecule has 122 valence electrons. The fourth-order valence-electron chi connectivity index (χ4n) is 3.67. The first-order chi connectivity index (χ1) is 11.2. The Kier molecular flexibility index (Phi) is 3.71. The Bertz CT molecular complexity index is 639. The summed E-state index contributed by atoms with van der Waals surface area (Å²) >= 11 is 0. The lowest BCUT2D eigenvalue weighted by molar-refractivity contribution is -0.125. The van der Waals surface area contributed by atoms with Gasteiger partial charge in [-0.15, -0.1) is 0 Å². The van der Waals surface area contributed by atoms with Gasteiger partial charge in [0, 0.05) is 30.4 Å². The maximum atomic E-state index is 13.1. The van der Waals surface area contributed by atoms with Gasteiger partial charge in [0.05, 0.1) is 0 Å². The average molecular weight is 313 g/mol. The molecule has 5 nitrogen and oxygen atoms in total. The van der Waals surface area contributed by atoms with E-state index in [4.69, 9.17) is 0 Å². The predicted octanol–water partition coefficient (Wildman–Crippen LogP) is 1.93. The van der Waals surface area contributed by atoms with E-state index in [1.807, 2.05) is 18.2 Å². The molecule has 1 unspecified atom stereocenters. The van der Waals surface area contributed by atoms with Gasteiger partial charge >= 0.3 is 0 Å². The van der Waals surface area contributed by atoms with Crippen LogP contribution in [0, 0.1) is 0 Å². The molecule has 1 aromatic rings. The molecule has 1 aliphatic carbocycles. The Labute approximate surface area is 136 Å². The lowest BCUT2D eigenvalue weighted by Crippen LogP contribution is -2.46. The molecule has 5 heteroatoms. The van der Waals surface area contributed by atoms with Crippen molar-refractivity contribution in [3.63, 3.8) is 0 Å². The molecule has 0 spiro atoms. The molecule has 0 aromatic heterocycles. The Hall–Kier alpha value is -2.04. The SMILES string of the molecule is O=C(NC1CC1)C1CCCN1C(=O)c1cccc2c1CCCN2. The van der Waals surface area contributed by atoms with Crippen molar-refractivity contribution < 1.29 is 9.59 Å². The van der Waals surface area contributed by atoms with Crippen molar-refractivity contribution in [3.05, 3.63) is 29.3 Å². The molecular formula is C18H23N3O2. The van der Waals surface area contributed by atoms with E-state index in [2.05, 4.69) is 10.6 Å². The minimum absolute atomic E-state index is 0.0130. The number of rotatable bonds is 3. The summed E-state index contributed by atoms with van der Waals surface area (Å²) in [7, 11) is 0. The van der Waals surface area contributed by atoms with Crippen LogP contribution in [0.2, 0.25) is 0 Å². The standard InChI is InChI=1S/C18H23N3O2/c22-17(20-12-8-9-12)16-7-3-11-21(16)18(23)14-4-1-6-15-13(14)5-2-10-19-15/h1,4,6,12,16,19H,2-3,5,7-11H2,(H,20,22). The van der Waals surface area contributed by atoms with E-state index in [0.29, 0.717) is 12.6 Å². The van der Waals surface area contributed by atoms with Crippen LogP contribution in [0.1, 0.15) is 48.0 Å². The second-order valence-corrected chi connectivity index (χ2v) is 6.80. The largest absolute Gasteiger partial charge is 0.385 e. The van der Waals surface area contributed by atoms with E-state index < -0.39 is 0 Å². The van der Waals surface area contributed by atoms with Crippen molar-refractivity contribution in [2.45, 2.75) is 50.6 Å². The summed E-state index contributed by atoms with van der Waals surface area (Å²) in [5.74, 6) is 0.0419. The molecule has 23 heavy (non-hydrogen) atoms. The van der Waals surface area contributed by atoms with Crippen molar-refractivity contribution in [1.82, 2.24) is 10.2 Å². The predicted molar refractivity (Wildman–Crippen MR) is 88.5 cm³/mol. The molecule has 1 aromatic carbocycles. The van der Waals surface area contributed by atoms with Gasteiger partial charge in [-0.25, -0.2) is 0 Å². The monoisotopic (exact) mass is 313 g/mol. The minimum Gasteiger partial charge on any atom is -0.385 e. The fraction of sp³-hybridized carbons (Fsp3) is 0.556. The van der Waals surface area contributed by atoms with Gasteiger partial charge in [-0.2, -0.15) is 0 Å². The second kappa shape index (κ2) is 5.87. The Balaban J connectivity index is 1.57. The molecule has 0 bridgehead atoms. The molecule has 2 aliphatic heterocycles. The highest BCUT2D eigenvalue weighted by molar-refractivity contribution is 6.00. The molecule has 4 rings (SSSR count). The van der Waals surface area contributed by atoms with Gasteiger partial charge in [0.15, 0.2) is 0 Å². The number of benzene rings is 1. The maximum absolute atomic E-state index is 13.1. The summed E-state index contributed by atoms with van der Waals surface area (Å²) in [5.41, 5.74) is 2.94. The van der Waals surface area contributed by atoms with Crippen LogP contribution in [0.25, 0.3) is 0 Å². The smallest absolute Gasteiger partial charge is 0.254 e. The van der Waals surface area contributed by atoms with Crippen molar-refractivity contribution >= 4 is 17.5 Å². The van der Waals surface area contributed by atoms with Crippen LogP contribution in [-0.2, 0) is 11.2 Å². The van der Waals surface area contributed by atoms with E-state index in [1.165, 1.54) is 0 Å². The minimum atomic E-state index is -0.296. The Morgan fingerprint density at radius 2 is 2.04 bits per heavy atom. The van der Waals surface area contributed by atoms with E-state index in [-0.39, 0.29) is 17.9 Å². The number of hydrogen-bond acceptors (Lipinski definition) is 3. The highest BCUT2D eigenvalue weighted by Gasteiger charge is 2.37. The summed E-state index contributed by atoms with van der Waals surface area (Å²) in [6.07, 6.45) is 5.80. The number of carbonyl (C=O) groups excluding carboxylic acids is 2. The Morgan fingerprint density at radius 1 is 1.17 bits per heavy atom. The van der Waals surface area contributed by atoms with E-state index in [0.717, 1.165) is 61.9 Å². The molecule has 3 aliphatic rings. The van der Waals surface area contributed by atoms with E-state index >= 15 is 0 Å². The summed E-state index contributed by atoms with van der Waals surface area (Å²) in [6.45, 7) is 1.64. The quantitative estimate of drug-likeness (QED) is 0.896. The Morgan fingerprint density at radius 3 is 2.87 bits per heavy atom. The number of carbonyl (C=O) groups is 2. The lowest BCUT2D eigenvalue weighted by Gasteiger charge is -2.27. The number of nitrogens with one attached hydrogen (secondary N) is 2. The van der Waals surface area contributed by atoms with Crippen molar-refractivity contribution in [1.29, 1.82) is 0 Å². The normalized spacial score (nSPS) is 23.1. The van der Waals surface area contributed by atoms with Crippen molar-refractivity contribution in [3.8, 4) is 0 Å². The van der Waals surface area contributed by atoms with Crippen LogP contribution in [0.4, 0.5) is 5.69 Å². The lowest BCUT2D eigenvalue weighted by atomic mass is 9.96. The van der Waals surface area contributed by atoms with Gasteiger partial charge in [-0.3, -0.25) is 9.59 Å². The maximum Gasteiger partial charge on any atom is 0.254 e. The molecule has 0 radical (unpaired) electrons. The highest BCUT2D eigenvalue weighted by Crippen LogP contribution is 2.29. The summed E-state index contributed by atoms with van der Waals surface area (Å²) in [4.78, 5) is 27.2. The third kappa shape index (κ3) is 2.80. The molecule has 2 N–H and O–H groups in total. The van der Waals surface area contributed by atoms with Crippen molar-refractivity contribution in [2.24, 2.45) is 0 Å². The molecule has 2 heterocycles. The van der Waals surface area contributed by atoms with Gasteiger partial charge in [-0.1, -0.05) is 6.07 Å². The summed E-state index contributed by atoms with van der Waals surface area (Å²) < 4.78 is 0. The van der Waals surface area contributed by atoms with Gasteiger partial charge in [0.1, 0.15) is 6.04 Å². The first-order valence-corrected chi connectivity index (χ1v) is 8.71. The van der Waals surface area contributed by atoms with Crippen LogP contribution >= 0.6 is 0 Å². The summed E-state index contributed by atoms with van der Waals surface area (Å²) in [5, 5.41) is 6.42. The third-order valence-electron chi connectivity index (χ3n) is 5.07. The van der Waals surface area contributed by atoms with Crippen molar-refractivity contribution in [2.75, 3.05) is 18.4 Å². The molecule has 2 amide bonds. The number of likely N-dealkylation sites (tertiary alicyclic amines) is 1.